The second-order valence-corrected chi connectivity index (χ2v) is 6.33. The number of hydrogen-bond donors (Lipinski definition) is 0. The summed E-state index contributed by atoms with van der Waals surface area (Å²) in [5, 5.41) is 2.52. The van der Waals surface area contributed by atoms with Gasteiger partial charge in [0.2, 0.25) is 0 Å². The lowest BCUT2D eigenvalue weighted by Gasteiger charge is -2.25. The average Bonchev–Trinajstić information content (AvgIpc) is 3.12. The number of nitrogens with zero attached hydrogens (tertiary/aromatic N) is 1. The summed E-state index contributed by atoms with van der Waals surface area (Å²) in [7, 11) is 1.44. The van der Waals surface area contributed by atoms with Gasteiger partial charge in [0.05, 0.1) is 19.6 Å². The van der Waals surface area contributed by atoms with E-state index in [1.54, 1.807) is 0 Å². The summed E-state index contributed by atoms with van der Waals surface area (Å²) in [5.41, 5.74) is 1.29. The summed E-state index contributed by atoms with van der Waals surface area (Å²) in [6.07, 6.45) is 2.92. The zero-order chi connectivity index (χ0) is 16.8. The van der Waals surface area contributed by atoms with Gasteiger partial charge in [-0.15, -0.1) is 0 Å². The van der Waals surface area contributed by atoms with Crippen LogP contribution in [0, 0.1) is 0 Å². The van der Waals surface area contributed by atoms with Crippen molar-refractivity contribution in [2.45, 2.75) is 31.9 Å². The van der Waals surface area contributed by atoms with Crippen LogP contribution in [0.2, 0.25) is 0 Å². The molecular weight excluding hydrogens is 302 g/mol. The van der Waals surface area contributed by atoms with E-state index >= 15 is 0 Å². The fourth-order valence-electron chi connectivity index (χ4n) is 3.33. The number of ether oxygens (including phenoxy) is 2. The van der Waals surface area contributed by atoms with E-state index in [1.165, 1.54) is 23.4 Å². The number of rotatable bonds is 7. The minimum atomic E-state index is -0.162. The largest absolute Gasteiger partial charge is 0.469 e. The molecule has 1 heterocycles. The first-order chi connectivity index (χ1) is 11.8. The number of carbonyl (C=O) groups is 1. The predicted molar refractivity (Wildman–Crippen MR) is 94.8 cm³/mol. The number of hydrogen-bond acceptors (Lipinski definition) is 4. The Morgan fingerprint density at radius 2 is 2.08 bits per heavy atom. The molecule has 1 aliphatic heterocycles. The highest BCUT2D eigenvalue weighted by Crippen LogP contribution is 2.21. The van der Waals surface area contributed by atoms with Gasteiger partial charge in [0.15, 0.2) is 0 Å². The number of methoxy groups -OCH3 is 1. The van der Waals surface area contributed by atoms with Crippen LogP contribution >= 0.6 is 0 Å². The zero-order valence-corrected chi connectivity index (χ0v) is 14.2. The molecule has 0 N–H and O–H groups in total. The maximum absolute atomic E-state index is 11.5. The van der Waals surface area contributed by atoms with E-state index in [0.717, 1.165) is 32.5 Å². The van der Waals surface area contributed by atoms with E-state index in [-0.39, 0.29) is 12.1 Å². The van der Waals surface area contributed by atoms with E-state index in [9.17, 15) is 4.79 Å². The van der Waals surface area contributed by atoms with Crippen LogP contribution in [0.1, 0.15) is 24.8 Å². The van der Waals surface area contributed by atoms with Gasteiger partial charge in [-0.05, 0) is 29.2 Å². The Bertz CT molecular complexity index is 674. The molecule has 0 aromatic heterocycles. The lowest BCUT2D eigenvalue weighted by molar-refractivity contribution is -0.141. The van der Waals surface area contributed by atoms with Crippen LogP contribution < -0.4 is 0 Å². The maximum atomic E-state index is 11.5. The van der Waals surface area contributed by atoms with Crippen molar-refractivity contribution in [2.24, 2.45) is 0 Å². The smallest absolute Gasteiger partial charge is 0.306 e. The van der Waals surface area contributed by atoms with Crippen molar-refractivity contribution in [1.82, 2.24) is 4.90 Å². The summed E-state index contributed by atoms with van der Waals surface area (Å²) in [6, 6.07) is 14.8. The van der Waals surface area contributed by atoms with Crippen molar-refractivity contribution < 1.29 is 14.3 Å². The van der Waals surface area contributed by atoms with Crippen molar-refractivity contribution >= 4 is 16.7 Å². The molecule has 2 aromatic rings. The summed E-state index contributed by atoms with van der Waals surface area (Å²) in [6.45, 7) is 3.22. The zero-order valence-electron chi connectivity index (χ0n) is 14.2. The van der Waals surface area contributed by atoms with Gasteiger partial charge in [-0.25, -0.2) is 0 Å². The third kappa shape index (κ3) is 4.34. The van der Waals surface area contributed by atoms with Crippen molar-refractivity contribution in [3.05, 3.63) is 48.0 Å². The molecule has 0 bridgehead atoms. The van der Waals surface area contributed by atoms with E-state index in [2.05, 4.69) is 47.4 Å². The summed E-state index contributed by atoms with van der Waals surface area (Å²) in [5.74, 6) is -0.162. The molecule has 0 spiro atoms. The SMILES string of the molecule is COC(=O)CCN(Cc1cccc2ccccc12)CC1CCCO1. The van der Waals surface area contributed by atoms with Gasteiger partial charge in [-0.2, -0.15) is 0 Å². The normalized spacial score (nSPS) is 17.5. The number of fused-ring (bicyclic) bond motifs is 1. The molecule has 1 atom stereocenters. The Morgan fingerprint density at radius 1 is 1.25 bits per heavy atom. The quantitative estimate of drug-likeness (QED) is 0.731. The first-order valence-corrected chi connectivity index (χ1v) is 8.63. The summed E-state index contributed by atoms with van der Waals surface area (Å²) < 4.78 is 10.6. The minimum absolute atomic E-state index is 0.162. The summed E-state index contributed by atoms with van der Waals surface area (Å²) in [4.78, 5) is 13.9. The monoisotopic (exact) mass is 327 g/mol. The third-order valence-corrected chi connectivity index (χ3v) is 4.62. The first-order valence-electron chi connectivity index (χ1n) is 8.63. The molecule has 4 nitrogen and oxygen atoms in total. The van der Waals surface area contributed by atoms with E-state index < -0.39 is 0 Å². The fraction of sp³-hybridized carbons (Fsp3) is 0.450. The lowest BCUT2D eigenvalue weighted by atomic mass is 10.0. The van der Waals surface area contributed by atoms with Gasteiger partial charge in [-0.3, -0.25) is 9.69 Å². The molecule has 0 aliphatic carbocycles. The Morgan fingerprint density at radius 3 is 2.88 bits per heavy atom. The molecule has 0 saturated carbocycles. The Balaban J connectivity index is 1.74. The predicted octanol–water partition coefficient (Wildman–Crippen LogP) is 3.38. The van der Waals surface area contributed by atoms with Crippen LogP contribution in [0.15, 0.2) is 42.5 Å². The van der Waals surface area contributed by atoms with Gasteiger partial charge < -0.3 is 9.47 Å². The highest BCUT2D eigenvalue weighted by Gasteiger charge is 2.20. The molecule has 1 aliphatic rings. The van der Waals surface area contributed by atoms with Crippen LogP contribution in [-0.2, 0) is 20.8 Å². The minimum Gasteiger partial charge on any atom is -0.469 e. The first kappa shape index (κ1) is 16.9. The molecule has 4 heteroatoms. The van der Waals surface area contributed by atoms with Crippen molar-refractivity contribution in [3.8, 4) is 0 Å². The molecule has 3 rings (SSSR count). The highest BCUT2D eigenvalue weighted by atomic mass is 16.5. The van der Waals surface area contributed by atoms with E-state index in [0.29, 0.717) is 13.0 Å². The van der Waals surface area contributed by atoms with Crippen LogP contribution in [0.4, 0.5) is 0 Å². The molecule has 1 fully saturated rings. The lowest BCUT2D eigenvalue weighted by Crippen LogP contribution is -2.33. The molecule has 1 unspecified atom stereocenters. The van der Waals surface area contributed by atoms with Gasteiger partial charge in [0, 0.05) is 26.2 Å². The van der Waals surface area contributed by atoms with Crippen LogP contribution in [0.3, 0.4) is 0 Å². The van der Waals surface area contributed by atoms with Crippen LogP contribution in [-0.4, -0.2) is 43.8 Å². The Hall–Kier alpha value is -1.91. The standard InChI is InChI=1S/C20H25NO3/c1-23-20(22)11-12-21(15-18-9-5-13-24-18)14-17-8-4-7-16-6-2-3-10-19(16)17/h2-4,6-8,10,18H,5,9,11-15H2,1H3. The van der Waals surface area contributed by atoms with Gasteiger partial charge >= 0.3 is 5.97 Å². The van der Waals surface area contributed by atoms with Gasteiger partial charge in [0.1, 0.15) is 0 Å². The molecule has 128 valence electrons. The Kier molecular flexibility index (Phi) is 5.83. The maximum Gasteiger partial charge on any atom is 0.306 e. The van der Waals surface area contributed by atoms with Crippen LogP contribution in [0.5, 0.6) is 0 Å². The van der Waals surface area contributed by atoms with Crippen molar-refractivity contribution in [1.29, 1.82) is 0 Å². The summed E-state index contributed by atoms with van der Waals surface area (Å²) >= 11 is 0. The fourth-order valence-corrected chi connectivity index (χ4v) is 3.33. The molecule has 2 aromatic carbocycles. The number of carbonyl (C=O) groups excluding carboxylic acids is 1. The second kappa shape index (κ2) is 8.27. The molecule has 0 radical (unpaired) electrons. The molecular formula is C20H25NO3. The Labute approximate surface area is 143 Å². The second-order valence-electron chi connectivity index (χ2n) is 6.33. The van der Waals surface area contributed by atoms with Crippen molar-refractivity contribution in [3.63, 3.8) is 0 Å². The number of benzene rings is 2. The average molecular weight is 327 g/mol. The number of esters is 1. The molecule has 0 amide bonds. The van der Waals surface area contributed by atoms with Gasteiger partial charge in [0.25, 0.3) is 0 Å². The third-order valence-electron chi connectivity index (χ3n) is 4.62. The van der Waals surface area contributed by atoms with Gasteiger partial charge in [-0.1, -0.05) is 42.5 Å². The highest BCUT2D eigenvalue weighted by molar-refractivity contribution is 5.85. The molecule has 1 saturated heterocycles. The van der Waals surface area contributed by atoms with Crippen LogP contribution in [0.25, 0.3) is 10.8 Å². The van der Waals surface area contributed by atoms with E-state index in [1.807, 2.05) is 0 Å². The van der Waals surface area contributed by atoms with Crippen molar-refractivity contribution in [2.75, 3.05) is 26.8 Å². The molecule has 24 heavy (non-hydrogen) atoms. The topological polar surface area (TPSA) is 38.8 Å². The van der Waals surface area contributed by atoms with E-state index in [4.69, 9.17) is 9.47 Å².